The SMILES string of the molecule is Cc1nc(NC(=O)OC(C)(C)C)sc1C(=O)N1CCC[C@H]1C(N)=O. The van der Waals surface area contributed by atoms with E-state index in [1.807, 2.05) is 0 Å². The zero-order valence-electron chi connectivity index (χ0n) is 14.2. The molecule has 1 aliphatic heterocycles. The van der Waals surface area contributed by atoms with Crippen LogP contribution < -0.4 is 11.1 Å². The number of anilines is 1. The molecule has 0 saturated carbocycles. The Labute approximate surface area is 144 Å². The van der Waals surface area contributed by atoms with Gasteiger partial charge in [0.2, 0.25) is 5.91 Å². The number of hydrogen-bond donors (Lipinski definition) is 2. The number of thiazole rings is 1. The minimum atomic E-state index is -0.633. The third-order valence-electron chi connectivity index (χ3n) is 3.44. The minimum absolute atomic E-state index is 0.278. The minimum Gasteiger partial charge on any atom is -0.444 e. The number of hydrogen-bond acceptors (Lipinski definition) is 6. The summed E-state index contributed by atoms with van der Waals surface area (Å²) in [5.74, 6) is -0.793. The number of aryl methyl sites for hydroxylation is 1. The van der Waals surface area contributed by atoms with Crippen molar-refractivity contribution in [2.45, 2.75) is 52.2 Å². The quantitative estimate of drug-likeness (QED) is 0.860. The van der Waals surface area contributed by atoms with E-state index in [9.17, 15) is 14.4 Å². The number of ether oxygens (including phenoxy) is 1. The summed E-state index contributed by atoms with van der Waals surface area (Å²) in [5.41, 5.74) is 5.22. The molecule has 2 rings (SSSR count). The molecule has 1 aromatic rings. The number of aromatic nitrogens is 1. The summed E-state index contributed by atoms with van der Waals surface area (Å²) in [6.45, 7) is 7.43. The molecule has 0 radical (unpaired) electrons. The van der Waals surface area contributed by atoms with Crippen molar-refractivity contribution in [1.29, 1.82) is 0 Å². The number of amides is 3. The Balaban J connectivity index is 2.12. The summed E-state index contributed by atoms with van der Waals surface area (Å²) in [5, 5.41) is 2.80. The summed E-state index contributed by atoms with van der Waals surface area (Å²) in [6, 6.07) is -0.582. The lowest BCUT2D eigenvalue weighted by molar-refractivity contribution is -0.121. The molecular formula is C15H22N4O4S. The van der Waals surface area contributed by atoms with E-state index in [-0.39, 0.29) is 11.0 Å². The molecule has 24 heavy (non-hydrogen) atoms. The molecule has 1 saturated heterocycles. The first-order valence-electron chi connectivity index (χ1n) is 7.66. The molecular weight excluding hydrogens is 332 g/mol. The number of carbonyl (C=O) groups is 3. The lowest BCUT2D eigenvalue weighted by Crippen LogP contribution is -2.43. The molecule has 0 spiro atoms. The van der Waals surface area contributed by atoms with Gasteiger partial charge in [-0.25, -0.2) is 9.78 Å². The maximum atomic E-state index is 12.7. The van der Waals surface area contributed by atoms with Crippen LogP contribution in [0.3, 0.4) is 0 Å². The lowest BCUT2D eigenvalue weighted by Gasteiger charge is -2.21. The zero-order chi connectivity index (χ0) is 18.1. The molecule has 1 atom stereocenters. The van der Waals surface area contributed by atoms with Gasteiger partial charge in [0, 0.05) is 6.54 Å². The van der Waals surface area contributed by atoms with Gasteiger partial charge in [0.15, 0.2) is 5.13 Å². The fourth-order valence-corrected chi connectivity index (χ4v) is 3.38. The number of likely N-dealkylation sites (tertiary alicyclic amines) is 1. The molecule has 1 aromatic heterocycles. The summed E-state index contributed by atoms with van der Waals surface area (Å²) < 4.78 is 5.16. The molecule has 0 aromatic carbocycles. The van der Waals surface area contributed by atoms with Crippen LogP contribution in [0.25, 0.3) is 0 Å². The van der Waals surface area contributed by atoms with Crippen LogP contribution >= 0.6 is 11.3 Å². The zero-order valence-corrected chi connectivity index (χ0v) is 15.0. The highest BCUT2D eigenvalue weighted by Crippen LogP contribution is 2.28. The lowest BCUT2D eigenvalue weighted by atomic mass is 10.2. The first kappa shape index (κ1) is 18.2. The van der Waals surface area contributed by atoms with Crippen molar-refractivity contribution in [3.63, 3.8) is 0 Å². The fourth-order valence-electron chi connectivity index (χ4n) is 2.48. The summed E-state index contributed by atoms with van der Waals surface area (Å²) >= 11 is 1.06. The molecule has 0 bridgehead atoms. The predicted molar refractivity (Wildman–Crippen MR) is 90.0 cm³/mol. The van der Waals surface area contributed by atoms with E-state index in [2.05, 4.69) is 10.3 Å². The van der Waals surface area contributed by atoms with Crippen molar-refractivity contribution in [1.82, 2.24) is 9.88 Å². The second-order valence-electron chi connectivity index (χ2n) is 6.62. The molecule has 8 nitrogen and oxygen atoms in total. The summed E-state index contributed by atoms with van der Waals surface area (Å²) in [7, 11) is 0. The van der Waals surface area contributed by atoms with Crippen molar-refractivity contribution in [3.8, 4) is 0 Å². The van der Waals surface area contributed by atoms with Gasteiger partial charge >= 0.3 is 6.09 Å². The van der Waals surface area contributed by atoms with Crippen LogP contribution in [0.15, 0.2) is 0 Å². The van der Waals surface area contributed by atoms with Crippen molar-refractivity contribution in [2.75, 3.05) is 11.9 Å². The van der Waals surface area contributed by atoms with E-state index >= 15 is 0 Å². The van der Waals surface area contributed by atoms with E-state index in [0.29, 0.717) is 23.5 Å². The molecule has 132 valence electrons. The van der Waals surface area contributed by atoms with E-state index in [4.69, 9.17) is 10.5 Å². The molecule has 0 aliphatic carbocycles. The van der Waals surface area contributed by atoms with Gasteiger partial charge in [-0.1, -0.05) is 11.3 Å². The van der Waals surface area contributed by atoms with Crippen molar-refractivity contribution < 1.29 is 19.1 Å². The van der Waals surface area contributed by atoms with Gasteiger partial charge in [-0.05, 0) is 40.5 Å². The average molecular weight is 354 g/mol. The van der Waals surface area contributed by atoms with E-state index in [0.717, 1.165) is 17.8 Å². The Hall–Kier alpha value is -2.16. The van der Waals surface area contributed by atoms with Gasteiger partial charge in [0.05, 0.1) is 5.69 Å². The van der Waals surface area contributed by atoms with Gasteiger partial charge in [-0.15, -0.1) is 0 Å². The van der Waals surface area contributed by atoms with Crippen molar-refractivity contribution in [3.05, 3.63) is 10.6 Å². The molecule has 2 heterocycles. The average Bonchev–Trinajstić information content (AvgIpc) is 3.02. The van der Waals surface area contributed by atoms with Crippen LogP contribution in [-0.4, -0.2) is 46.0 Å². The molecule has 3 amide bonds. The van der Waals surface area contributed by atoms with Crippen LogP contribution in [-0.2, 0) is 9.53 Å². The van der Waals surface area contributed by atoms with Crippen molar-refractivity contribution >= 4 is 34.4 Å². The Morgan fingerprint density at radius 1 is 1.38 bits per heavy atom. The number of carbonyl (C=O) groups excluding carboxylic acids is 3. The van der Waals surface area contributed by atoms with Crippen LogP contribution in [0.2, 0.25) is 0 Å². The van der Waals surface area contributed by atoms with Gasteiger partial charge in [-0.3, -0.25) is 14.9 Å². The Kier molecular flexibility index (Phi) is 5.12. The van der Waals surface area contributed by atoms with E-state index in [1.54, 1.807) is 27.7 Å². The van der Waals surface area contributed by atoms with E-state index < -0.39 is 23.6 Å². The van der Waals surface area contributed by atoms with E-state index in [1.165, 1.54) is 4.90 Å². The molecule has 9 heteroatoms. The maximum absolute atomic E-state index is 12.7. The molecule has 1 aliphatic rings. The third kappa shape index (κ3) is 4.22. The topological polar surface area (TPSA) is 115 Å². The highest BCUT2D eigenvalue weighted by molar-refractivity contribution is 7.17. The second-order valence-corrected chi connectivity index (χ2v) is 7.62. The third-order valence-corrected chi connectivity index (χ3v) is 4.50. The van der Waals surface area contributed by atoms with Gasteiger partial charge in [0.1, 0.15) is 16.5 Å². The first-order chi connectivity index (χ1) is 11.1. The summed E-state index contributed by atoms with van der Waals surface area (Å²) in [6.07, 6.45) is 0.675. The monoisotopic (exact) mass is 354 g/mol. The van der Waals surface area contributed by atoms with Gasteiger partial charge in [0.25, 0.3) is 5.91 Å². The first-order valence-corrected chi connectivity index (χ1v) is 8.48. The normalized spacial score (nSPS) is 17.7. The van der Waals surface area contributed by atoms with Gasteiger partial charge < -0.3 is 15.4 Å². The highest BCUT2D eigenvalue weighted by Gasteiger charge is 2.35. The number of primary amides is 1. The number of nitrogens with zero attached hydrogens (tertiary/aromatic N) is 2. The van der Waals surface area contributed by atoms with Crippen LogP contribution in [0, 0.1) is 6.92 Å². The van der Waals surface area contributed by atoms with Crippen LogP contribution in [0.1, 0.15) is 49.0 Å². The van der Waals surface area contributed by atoms with Crippen molar-refractivity contribution in [2.24, 2.45) is 5.73 Å². The predicted octanol–water partition coefficient (Wildman–Crippen LogP) is 1.89. The summed E-state index contributed by atoms with van der Waals surface area (Å²) in [4.78, 5) is 41.9. The van der Waals surface area contributed by atoms with Crippen LogP contribution in [0.5, 0.6) is 0 Å². The van der Waals surface area contributed by atoms with Crippen LogP contribution in [0.4, 0.5) is 9.93 Å². The Morgan fingerprint density at radius 2 is 2.04 bits per heavy atom. The maximum Gasteiger partial charge on any atom is 0.413 e. The second kappa shape index (κ2) is 6.76. The smallest absolute Gasteiger partial charge is 0.413 e. The molecule has 0 unspecified atom stereocenters. The molecule has 3 N–H and O–H groups in total. The highest BCUT2D eigenvalue weighted by atomic mass is 32.1. The Bertz CT molecular complexity index is 665. The molecule has 1 fully saturated rings. The largest absolute Gasteiger partial charge is 0.444 e. The fraction of sp³-hybridized carbons (Fsp3) is 0.600. The number of nitrogens with one attached hydrogen (secondary N) is 1. The Morgan fingerprint density at radius 3 is 2.62 bits per heavy atom. The standard InChI is InChI=1S/C15H22N4O4S/c1-8-10(12(21)19-7-5-6-9(19)11(16)20)24-13(17-8)18-14(22)23-15(2,3)4/h9H,5-7H2,1-4H3,(H2,16,20)(H,17,18,22)/t9-/m0/s1. The van der Waals surface area contributed by atoms with Gasteiger partial charge in [-0.2, -0.15) is 0 Å². The number of rotatable bonds is 3. The number of nitrogens with two attached hydrogens (primary N) is 1.